The van der Waals surface area contributed by atoms with E-state index in [1.54, 1.807) is 18.5 Å². The highest BCUT2D eigenvalue weighted by molar-refractivity contribution is 6.22. The molecule has 3 aromatic carbocycles. The van der Waals surface area contributed by atoms with Crippen molar-refractivity contribution in [2.24, 2.45) is 4.99 Å². The lowest BCUT2D eigenvalue weighted by atomic mass is 10.00. The van der Waals surface area contributed by atoms with Gasteiger partial charge in [0.05, 0.1) is 33.5 Å². The molecule has 0 spiro atoms. The number of nitrogens with one attached hydrogen (secondary N) is 2. The first-order chi connectivity index (χ1) is 16.1. The molecule has 0 bridgehead atoms. The summed E-state index contributed by atoms with van der Waals surface area (Å²) in [7, 11) is 0. The van der Waals surface area contributed by atoms with Crippen molar-refractivity contribution < 1.29 is 9.50 Å². The summed E-state index contributed by atoms with van der Waals surface area (Å²) in [6, 6.07) is 18.0. The van der Waals surface area contributed by atoms with E-state index in [0.717, 1.165) is 35.4 Å². The van der Waals surface area contributed by atoms with Gasteiger partial charge in [0.25, 0.3) is 0 Å². The van der Waals surface area contributed by atoms with Crippen LogP contribution in [0.15, 0.2) is 78.0 Å². The van der Waals surface area contributed by atoms with Crippen LogP contribution in [0, 0.1) is 5.82 Å². The van der Waals surface area contributed by atoms with E-state index < -0.39 is 0 Å². The molecule has 2 heterocycles. The van der Waals surface area contributed by atoms with Gasteiger partial charge in [-0.3, -0.25) is 9.97 Å². The first kappa shape index (κ1) is 20.8. The normalized spacial score (nSPS) is 12.0. The SMILES string of the molecule is CCNCc1ccc(N=C(c2ccc3nccnc3c2)c2c(O)[nH]c3cc(F)ccc23)cc1. The van der Waals surface area contributed by atoms with Crippen molar-refractivity contribution in [3.8, 4) is 5.88 Å². The van der Waals surface area contributed by atoms with Crippen LogP contribution in [0.25, 0.3) is 21.9 Å². The van der Waals surface area contributed by atoms with E-state index in [-0.39, 0.29) is 11.7 Å². The van der Waals surface area contributed by atoms with Gasteiger partial charge in [0.1, 0.15) is 5.82 Å². The maximum Gasteiger partial charge on any atom is 0.199 e. The number of aromatic nitrogens is 3. The predicted molar refractivity (Wildman–Crippen MR) is 129 cm³/mol. The lowest BCUT2D eigenvalue weighted by molar-refractivity contribution is 0.457. The Kier molecular flexibility index (Phi) is 5.54. The highest BCUT2D eigenvalue weighted by Gasteiger charge is 2.19. The van der Waals surface area contributed by atoms with Crippen LogP contribution >= 0.6 is 0 Å². The minimum absolute atomic E-state index is 0.0719. The molecule has 0 radical (unpaired) electrons. The van der Waals surface area contributed by atoms with E-state index in [4.69, 9.17) is 4.99 Å². The molecule has 2 aromatic heterocycles. The van der Waals surface area contributed by atoms with E-state index >= 15 is 0 Å². The Morgan fingerprint density at radius 1 is 1.00 bits per heavy atom. The quantitative estimate of drug-likeness (QED) is 0.316. The highest BCUT2D eigenvalue weighted by Crippen LogP contribution is 2.32. The summed E-state index contributed by atoms with van der Waals surface area (Å²) in [6.45, 7) is 3.75. The zero-order chi connectivity index (χ0) is 22.8. The summed E-state index contributed by atoms with van der Waals surface area (Å²) in [5.41, 5.74) is 5.69. The number of nitrogens with zero attached hydrogens (tertiary/aromatic N) is 3. The van der Waals surface area contributed by atoms with Crippen LogP contribution in [-0.2, 0) is 6.54 Å². The van der Waals surface area contributed by atoms with Crippen molar-refractivity contribution in [2.45, 2.75) is 13.5 Å². The minimum Gasteiger partial charge on any atom is -0.494 e. The molecule has 0 fully saturated rings. The number of aromatic hydroxyl groups is 1. The Balaban J connectivity index is 1.68. The molecule has 6 nitrogen and oxygen atoms in total. The van der Waals surface area contributed by atoms with E-state index in [9.17, 15) is 9.50 Å². The van der Waals surface area contributed by atoms with Gasteiger partial charge in [0, 0.05) is 29.9 Å². The summed E-state index contributed by atoms with van der Waals surface area (Å²) in [5, 5.41) is 14.8. The number of H-pyrrole nitrogens is 1. The zero-order valence-electron chi connectivity index (χ0n) is 18.0. The molecule has 164 valence electrons. The lowest BCUT2D eigenvalue weighted by Gasteiger charge is -2.09. The second-order valence-electron chi connectivity index (χ2n) is 7.71. The Labute approximate surface area is 189 Å². The van der Waals surface area contributed by atoms with Gasteiger partial charge in [-0.15, -0.1) is 0 Å². The molecular formula is C26H22FN5O. The second kappa shape index (κ2) is 8.80. The fourth-order valence-corrected chi connectivity index (χ4v) is 3.86. The zero-order valence-corrected chi connectivity index (χ0v) is 18.0. The van der Waals surface area contributed by atoms with E-state index in [1.807, 2.05) is 42.5 Å². The average molecular weight is 439 g/mol. The molecule has 0 aliphatic carbocycles. The van der Waals surface area contributed by atoms with Crippen LogP contribution in [0.2, 0.25) is 0 Å². The molecule has 0 unspecified atom stereocenters. The number of aromatic amines is 1. The van der Waals surface area contributed by atoms with Crippen LogP contribution in [-0.4, -0.2) is 32.3 Å². The van der Waals surface area contributed by atoms with Crippen LogP contribution in [0.1, 0.15) is 23.6 Å². The van der Waals surface area contributed by atoms with E-state index in [2.05, 4.69) is 27.2 Å². The number of aliphatic imine (C=N–C) groups is 1. The lowest BCUT2D eigenvalue weighted by Crippen LogP contribution is -2.11. The number of hydrogen-bond donors (Lipinski definition) is 3. The Morgan fingerprint density at radius 3 is 2.58 bits per heavy atom. The minimum atomic E-state index is -0.383. The van der Waals surface area contributed by atoms with Crippen LogP contribution in [0.3, 0.4) is 0 Å². The Morgan fingerprint density at radius 2 is 1.79 bits per heavy atom. The summed E-state index contributed by atoms with van der Waals surface area (Å²) in [4.78, 5) is 16.5. The molecular weight excluding hydrogens is 417 g/mol. The van der Waals surface area contributed by atoms with Crippen molar-refractivity contribution >= 4 is 33.3 Å². The molecule has 0 aliphatic rings. The van der Waals surface area contributed by atoms with Crippen molar-refractivity contribution in [1.82, 2.24) is 20.3 Å². The molecule has 33 heavy (non-hydrogen) atoms. The number of rotatable bonds is 6. The molecule has 0 atom stereocenters. The Hall–Kier alpha value is -4.10. The van der Waals surface area contributed by atoms with Gasteiger partial charge in [-0.1, -0.05) is 25.1 Å². The fourth-order valence-electron chi connectivity index (χ4n) is 3.86. The van der Waals surface area contributed by atoms with Gasteiger partial charge in [0.15, 0.2) is 5.88 Å². The van der Waals surface area contributed by atoms with Gasteiger partial charge in [-0.05, 0) is 54.6 Å². The van der Waals surface area contributed by atoms with Gasteiger partial charge in [-0.2, -0.15) is 0 Å². The fraction of sp³-hybridized carbons (Fsp3) is 0.115. The largest absolute Gasteiger partial charge is 0.494 e. The third-order valence-electron chi connectivity index (χ3n) is 5.48. The maximum absolute atomic E-state index is 13.8. The van der Waals surface area contributed by atoms with Crippen LogP contribution in [0.5, 0.6) is 5.88 Å². The summed E-state index contributed by atoms with van der Waals surface area (Å²) in [5.74, 6) is -0.455. The first-order valence-corrected chi connectivity index (χ1v) is 10.7. The van der Waals surface area contributed by atoms with Crippen molar-refractivity contribution in [1.29, 1.82) is 0 Å². The van der Waals surface area contributed by atoms with E-state index in [1.165, 1.54) is 12.1 Å². The predicted octanol–water partition coefficient (Wildman–Crippen LogP) is 5.23. The average Bonchev–Trinajstić information content (AvgIpc) is 3.16. The number of fused-ring (bicyclic) bond motifs is 2. The summed E-state index contributed by atoms with van der Waals surface area (Å²) < 4.78 is 13.8. The molecule has 3 N–H and O–H groups in total. The first-order valence-electron chi connectivity index (χ1n) is 10.7. The topological polar surface area (TPSA) is 86.2 Å². The highest BCUT2D eigenvalue weighted by atomic mass is 19.1. The molecule has 5 aromatic rings. The number of benzene rings is 3. The molecule has 0 saturated heterocycles. The summed E-state index contributed by atoms with van der Waals surface area (Å²) >= 11 is 0. The molecule has 5 rings (SSSR count). The second-order valence-corrected chi connectivity index (χ2v) is 7.71. The maximum atomic E-state index is 13.8. The number of halogens is 1. The molecule has 7 heteroatoms. The standard InChI is InChI=1S/C26H22FN5O/c1-2-28-15-16-3-7-19(8-4-16)31-25(17-5-10-21-23(13-17)30-12-11-29-21)24-20-9-6-18(27)14-22(20)32-26(24)33/h3-14,28,32-33H,2,15H2,1H3. The molecule has 0 aliphatic heterocycles. The monoisotopic (exact) mass is 439 g/mol. The van der Waals surface area contributed by atoms with Crippen molar-refractivity contribution in [2.75, 3.05) is 6.54 Å². The van der Waals surface area contributed by atoms with Crippen molar-refractivity contribution in [3.63, 3.8) is 0 Å². The van der Waals surface area contributed by atoms with Gasteiger partial charge in [0.2, 0.25) is 0 Å². The third kappa shape index (κ3) is 4.18. The van der Waals surface area contributed by atoms with Gasteiger partial charge in [-0.25, -0.2) is 9.38 Å². The van der Waals surface area contributed by atoms with Crippen LogP contribution < -0.4 is 5.32 Å². The van der Waals surface area contributed by atoms with Crippen molar-refractivity contribution in [3.05, 3.63) is 95.6 Å². The third-order valence-corrected chi connectivity index (χ3v) is 5.48. The van der Waals surface area contributed by atoms with E-state index in [0.29, 0.717) is 27.7 Å². The van der Waals surface area contributed by atoms with Gasteiger partial charge >= 0.3 is 0 Å². The van der Waals surface area contributed by atoms with Crippen LogP contribution in [0.4, 0.5) is 10.1 Å². The van der Waals surface area contributed by atoms with Gasteiger partial charge < -0.3 is 15.4 Å². The smallest absolute Gasteiger partial charge is 0.199 e. The Bertz CT molecular complexity index is 1470. The summed E-state index contributed by atoms with van der Waals surface area (Å²) in [6.07, 6.45) is 3.28. The molecule has 0 saturated carbocycles. The molecule has 0 amide bonds. The number of hydrogen-bond acceptors (Lipinski definition) is 5.